The number of nitrogens with zero attached hydrogens (tertiary/aromatic N) is 4. The van der Waals surface area contributed by atoms with Crippen LogP contribution in [0.1, 0.15) is 46.7 Å². The fraction of sp³-hybridized carbons (Fsp3) is 0.219. The Labute approximate surface area is 222 Å². The van der Waals surface area contributed by atoms with E-state index >= 15 is 0 Å². The molecule has 0 fully saturated rings. The highest BCUT2D eigenvalue weighted by atomic mass is 16.6. The Morgan fingerprint density at radius 2 is 1.63 bits per heavy atom. The van der Waals surface area contributed by atoms with E-state index in [2.05, 4.69) is 84.7 Å². The lowest BCUT2D eigenvalue weighted by molar-refractivity contribution is 0.0245. The standard InChI is InChI=1S/C32H30N4O2/c1-5-36(6-2)23-16-17-25(21(3)20-23)32(30-28(31(37)38-32)33-18-19-34-30)27-24-14-10-11-15-26(24)35(4)29(27)22-12-8-7-9-13-22/h7-20H,5-6H2,1-4H3. The van der Waals surface area contributed by atoms with Crippen molar-refractivity contribution in [3.05, 3.63) is 113 Å². The Kier molecular flexibility index (Phi) is 5.75. The highest BCUT2D eigenvalue weighted by molar-refractivity contribution is 5.99. The first-order valence-electron chi connectivity index (χ1n) is 13.1. The number of anilines is 1. The number of ether oxygens (including phenoxy) is 1. The molecule has 190 valence electrons. The summed E-state index contributed by atoms with van der Waals surface area (Å²) in [5.41, 5.74) is 6.51. The first-order chi connectivity index (χ1) is 18.5. The van der Waals surface area contributed by atoms with E-state index in [1.165, 1.54) is 0 Å². The molecular formula is C32H30N4O2. The molecule has 1 aliphatic rings. The average molecular weight is 503 g/mol. The largest absolute Gasteiger partial charge is 0.438 e. The predicted molar refractivity (Wildman–Crippen MR) is 150 cm³/mol. The number of aromatic nitrogens is 3. The fourth-order valence-corrected chi connectivity index (χ4v) is 5.98. The molecule has 1 unspecified atom stereocenters. The summed E-state index contributed by atoms with van der Waals surface area (Å²) in [6.45, 7) is 8.21. The first-order valence-corrected chi connectivity index (χ1v) is 13.1. The van der Waals surface area contributed by atoms with E-state index in [0.717, 1.165) is 57.6 Å². The minimum Gasteiger partial charge on any atom is -0.438 e. The van der Waals surface area contributed by atoms with Gasteiger partial charge in [0.1, 0.15) is 5.69 Å². The highest BCUT2D eigenvalue weighted by Crippen LogP contribution is 2.52. The maximum Gasteiger partial charge on any atom is 0.360 e. The zero-order valence-corrected chi connectivity index (χ0v) is 22.1. The van der Waals surface area contributed by atoms with Crippen molar-refractivity contribution in [1.82, 2.24) is 14.5 Å². The number of benzene rings is 3. The molecule has 6 rings (SSSR count). The summed E-state index contributed by atoms with van der Waals surface area (Å²) in [4.78, 5) is 25.0. The molecule has 0 amide bonds. The minimum absolute atomic E-state index is 0.256. The van der Waals surface area contributed by atoms with E-state index in [1.807, 2.05) is 30.3 Å². The van der Waals surface area contributed by atoms with Crippen molar-refractivity contribution >= 4 is 22.6 Å². The van der Waals surface area contributed by atoms with Crippen molar-refractivity contribution in [2.24, 2.45) is 7.05 Å². The van der Waals surface area contributed by atoms with Crippen LogP contribution in [-0.2, 0) is 17.4 Å². The van der Waals surface area contributed by atoms with Gasteiger partial charge in [-0.15, -0.1) is 0 Å². The number of carbonyl (C=O) groups excluding carboxylic acids is 1. The van der Waals surface area contributed by atoms with Gasteiger partial charge in [0, 0.05) is 60.2 Å². The number of hydrogen-bond donors (Lipinski definition) is 0. The van der Waals surface area contributed by atoms with Gasteiger partial charge in [0.25, 0.3) is 0 Å². The summed E-state index contributed by atoms with van der Waals surface area (Å²) in [5.74, 6) is -0.465. The second kappa shape index (κ2) is 9.14. The van der Waals surface area contributed by atoms with Gasteiger partial charge in [-0.2, -0.15) is 0 Å². The zero-order chi connectivity index (χ0) is 26.4. The molecule has 1 atom stereocenters. The quantitative estimate of drug-likeness (QED) is 0.257. The van der Waals surface area contributed by atoms with E-state index in [9.17, 15) is 4.79 Å². The topological polar surface area (TPSA) is 60.2 Å². The summed E-state index contributed by atoms with van der Waals surface area (Å²) < 4.78 is 8.70. The summed E-state index contributed by atoms with van der Waals surface area (Å²) in [5, 5.41) is 1.01. The zero-order valence-electron chi connectivity index (χ0n) is 22.1. The Bertz CT molecular complexity index is 1670. The number of carbonyl (C=O) groups is 1. The third-order valence-corrected chi connectivity index (χ3v) is 7.69. The number of cyclic esters (lactones) is 1. The van der Waals surface area contributed by atoms with Crippen molar-refractivity contribution in [2.75, 3.05) is 18.0 Å². The molecule has 0 bridgehead atoms. The number of aryl methyl sites for hydroxylation is 2. The maximum atomic E-state index is 13.5. The van der Waals surface area contributed by atoms with Crippen LogP contribution in [-0.4, -0.2) is 33.6 Å². The summed E-state index contributed by atoms with van der Waals surface area (Å²) in [7, 11) is 2.06. The first kappa shape index (κ1) is 23.9. The van der Waals surface area contributed by atoms with Crippen molar-refractivity contribution in [3.63, 3.8) is 0 Å². The molecule has 1 aliphatic heterocycles. The van der Waals surface area contributed by atoms with Gasteiger partial charge < -0.3 is 14.2 Å². The Morgan fingerprint density at radius 3 is 2.37 bits per heavy atom. The van der Waals surface area contributed by atoms with Crippen LogP contribution >= 0.6 is 0 Å². The van der Waals surface area contributed by atoms with Crippen LogP contribution in [0, 0.1) is 6.92 Å². The van der Waals surface area contributed by atoms with Gasteiger partial charge in [-0.25, -0.2) is 9.78 Å². The number of rotatable bonds is 6. The molecule has 0 saturated carbocycles. The smallest absolute Gasteiger partial charge is 0.360 e. The fourth-order valence-electron chi connectivity index (χ4n) is 5.98. The van der Waals surface area contributed by atoms with Crippen LogP contribution in [0.2, 0.25) is 0 Å². The summed E-state index contributed by atoms with van der Waals surface area (Å²) in [6.07, 6.45) is 3.19. The van der Waals surface area contributed by atoms with E-state index in [-0.39, 0.29) is 5.69 Å². The van der Waals surface area contributed by atoms with E-state index in [4.69, 9.17) is 9.72 Å². The van der Waals surface area contributed by atoms with Crippen molar-refractivity contribution in [2.45, 2.75) is 26.4 Å². The second-order valence-corrected chi connectivity index (χ2v) is 9.66. The van der Waals surface area contributed by atoms with E-state index < -0.39 is 11.6 Å². The molecular weight excluding hydrogens is 472 g/mol. The van der Waals surface area contributed by atoms with E-state index in [0.29, 0.717) is 5.69 Å². The van der Waals surface area contributed by atoms with Crippen LogP contribution in [0.15, 0.2) is 85.2 Å². The van der Waals surface area contributed by atoms with Gasteiger partial charge in [-0.1, -0.05) is 54.6 Å². The highest BCUT2D eigenvalue weighted by Gasteiger charge is 2.54. The summed E-state index contributed by atoms with van der Waals surface area (Å²) >= 11 is 0. The normalized spacial score (nSPS) is 16.5. The Hall–Kier alpha value is -4.45. The number of esters is 1. The lowest BCUT2D eigenvalue weighted by atomic mass is 9.78. The molecule has 0 spiro atoms. The van der Waals surface area contributed by atoms with Crippen molar-refractivity contribution in [3.8, 4) is 11.3 Å². The summed E-state index contributed by atoms with van der Waals surface area (Å²) in [6, 6.07) is 24.9. The third kappa shape index (κ3) is 3.36. The molecule has 0 saturated heterocycles. The molecule has 0 aliphatic carbocycles. The molecule has 3 aromatic carbocycles. The van der Waals surface area contributed by atoms with Crippen molar-refractivity contribution < 1.29 is 9.53 Å². The second-order valence-electron chi connectivity index (χ2n) is 9.66. The Balaban J connectivity index is 1.76. The Morgan fingerprint density at radius 1 is 0.921 bits per heavy atom. The molecule has 6 heteroatoms. The SMILES string of the molecule is CCN(CC)c1ccc(C2(c3c(-c4ccccc4)n(C)c4ccccc34)OC(=O)c3nccnc32)c(C)c1. The van der Waals surface area contributed by atoms with Crippen LogP contribution < -0.4 is 4.90 Å². The molecule has 3 heterocycles. The van der Waals surface area contributed by atoms with Crippen LogP contribution in [0.4, 0.5) is 5.69 Å². The van der Waals surface area contributed by atoms with Crippen LogP contribution in [0.3, 0.4) is 0 Å². The molecule has 6 nitrogen and oxygen atoms in total. The average Bonchev–Trinajstić information content (AvgIpc) is 3.42. The number of fused-ring (bicyclic) bond motifs is 2. The van der Waals surface area contributed by atoms with Gasteiger partial charge in [-0.05, 0) is 50.1 Å². The maximum absolute atomic E-state index is 13.5. The van der Waals surface area contributed by atoms with Crippen LogP contribution in [0.5, 0.6) is 0 Å². The van der Waals surface area contributed by atoms with E-state index in [1.54, 1.807) is 12.4 Å². The minimum atomic E-state index is -1.27. The number of para-hydroxylation sites is 1. The molecule has 5 aromatic rings. The van der Waals surface area contributed by atoms with Gasteiger partial charge in [0.2, 0.25) is 5.60 Å². The van der Waals surface area contributed by atoms with Gasteiger partial charge >= 0.3 is 5.97 Å². The van der Waals surface area contributed by atoms with Gasteiger partial charge in [-0.3, -0.25) is 4.98 Å². The molecule has 0 radical (unpaired) electrons. The monoisotopic (exact) mass is 502 g/mol. The molecule has 2 aromatic heterocycles. The molecule has 38 heavy (non-hydrogen) atoms. The molecule has 0 N–H and O–H groups in total. The van der Waals surface area contributed by atoms with Gasteiger partial charge in [0.15, 0.2) is 5.69 Å². The van der Waals surface area contributed by atoms with Crippen molar-refractivity contribution in [1.29, 1.82) is 0 Å². The lowest BCUT2D eigenvalue weighted by Crippen LogP contribution is -2.32. The number of hydrogen-bond acceptors (Lipinski definition) is 5. The van der Waals surface area contributed by atoms with Gasteiger partial charge in [0.05, 0.1) is 5.69 Å². The van der Waals surface area contributed by atoms with Crippen LogP contribution in [0.25, 0.3) is 22.2 Å². The lowest BCUT2D eigenvalue weighted by Gasteiger charge is -2.32. The predicted octanol–water partition coefficient (Wildman–Crippen LogP) is 6.25. The third-order valence-electron chi connectivity index (χ3n) is 7.69.